The number of rotatable bonds is 2. The van der Waals surface area contributed by atoms with E-state index in [0.717, 1.165) is 4.90 Å². The molecule has 0 N–H and O–H groups in total. The number of nitrogens with zero attached hydrogens (tertiary/aromatic N) is 1. The Balaban J connectivity index is 2.98. The van der Waals surface area contributed by atoms with Gasteiger partial charge in [0.2, 0.25) is 5.17 Å². The summed E-state index contributed by atoms with van der Waals surface area (Å²) in [6.45, 7) is 0. The van der Waals surface area contributed by atoms with Gasteiger partial charge in [0.15, 0.2) is 0 Å². The highest BCUT2D eigenvalue weighted by atomic mass is 35.5. The van der Waals surface area contributed by atoms with Gasteiger partial charge in [-0.05, 0) is 24.5 Å². The second-order valence-electron chi connectivity index (χ2n) is 2.60. The molecule has 1 aromatic rings. The summed E-state index contributed by atoms with van der Waals surface area (Å²) in [5, 5.41) is -1.36. The van der Waals surface area contributed by atoms with E-state index in [9.17, 15) is 13.2 Å². The Bertz CT molecular complexity index is 376. The van der Waals surface area contributed by atoms with Gasteiger partial charge in [-0.15, -0.1) is 11.8 Å². The average Bonchev–Trinajstić information content (AvgIpc) is 2.16. The number of thioether (sulfide) groups is 1. The molecule has 0 aliphatic carbocycles. The first-order chi connectivity index (χ1) is 6.93. The van der Waals surface area contributed by atoms with E-state index in [-0.39, 0.29) is 5.69 Å². The third-order valence-corrected chi connectivity index (χ3v) is 2.54. The van der Waals surface area contributed by atoms with Crippen LogP contribution in [0.25, 0.3) is 0 Å². The lowest BCUT2D eigenvalue weighted by Gasteiger charge is -2.03. The largest absolute Gasteiger partial charge is 0.444 e. The lowest BCUT2D eigenvalue weighted by molar-refractivity contribution is -0.0558. The Morgan fingerprint density at radius 3 is 2.60 bits per heavy atom. The number of alkyl halides is 3. The molecule has 0 aliphatic heterocycles. The highest BCUT2D eigenvalue weighted by molar-refractivity contribution is 7.98. The molecular weight excluding hydrogens is 247 g/mol. The van der Waals surface area contributed by atoms with E-state index in [2.05, 4.69) is 4.99 Å². The average molecular weight is 254 g/mol. The topological polar surface area (TPSA) is 12.4 Å². The molecule has 0 unspecified atom stereocenters. The number of aliphatic imine (C=N–C) groups is 1. The second-order valence-corrected chi connectivity index (χ2v) is 3.84. The molecule has 82 valence electrons. The lowest BCUT2D eigenvalue weighted by Crippen LogP contribution is -2.16. The first-order valence-corrected chi connectivity index (χ1v) is 5.49. The van der Waals surface area contributed by atoms with Crippen LogP contribution in [0.2, 0.25) is 0 Å². The van der Waals surface area contributed by atoms with Gasteiger partial charge in [-0.1, -0.05) is 17.7 Å². The molecule has 0 heterocycles. The molecular formula is C9H7ClF3NS. The van der Waals surface area contributed by atoms with Gasteiger partial charge < -0.3 is 0 Å². The fraction of sp³-hybridized carbons (Fsp3) is 0.222. The minimum Gasteiger partial charge on any atom is -0.232 e. The van der Waals surface area contributed by atoms with Crippen molar-refractivity contribution in [3.63, 3.8) is 0 Å². The van der Waals surface area contributed by atoms with Crippen molar-refractivity contribution in [3.8, 4) is 0 Å². The molecule has 0 saturated heterocycles. The summed E-state index contributed by atoms with van der Waals surface area (Å²) in [6.07, 6.45) is -2.76. The van der Waals surface area contributed by atoms with E-state index in [1.54, 1.807) is 18.2 Å². The highest BCUT2D eigenvalue weighted by Crippen LogP contribution is 2.26. The van der Waals surface area contributed by atoms with Crippen molar-refractivity contribution in [1.29, 1.82) is 0 Å². The Hall–Kier alpha value is -0.680. The van der Waals surface area contributed by atoms with Crippen molar-refractivity contribution >= 4 is 34.2 Å². The Morgan fingerprint density at radius 1 is 1.40 bits per heavy atom. The molecule has 0 bridgehead atoms. The molecule has 0 atom stereocenters. The van der Waals surface area contributed by atoms with Crippen LogP contribution in [0.1, 0.15) is 0 Å². The maximum absolute atomic E-state index is 12.0. The molecule has 0 saturated carbocycles. The molecule has 15 heavy (non-hydrogen) atoms. The van der Waals surface area contributed by atoms with Gasteiger partial charge in [0.25, 0.3) is 0 Å². The fourth-order valence-electron chi connectivity index (χ4n) is 0.857. The summed E-state index contributed by atoms with van der Waals surface area (Å²) in [5.41, 5.74) is 0.198. The predicted molar refractivity (Wildman–Crippen MR) is 57.2 cm³/mol. The lowest BCUT2D eigenvalue weighted by atomic mass is 10.3. The maximum atomic E-state index is 12.0. The van der Waals surface area contributed by atoms with Crippen molar-refractivity contribution in [3.05, 3.63) is 24.3 Å². The van der Waals surface area contributed by atoms with Gasteiger partial charge in [-0.3, -0.25) is 0 Å². The van der Waals surface area contributed by atoms with E-state index >= 15 is 0 Å². The molecule has 0 spiro atoms. The predicted octanol–water partition coefficient (Wildman–Crippen LogP) is 4.24. The van der Waals surface area contributed by atoms with Gasteiger partial charge in [0.1, 0.15) is 0 Å². The first kappa shape index (κ1) is 12.4. The van der Waals surface area contributed by atoms with Crippen LogP contribution < -0.4 is 0 Å². The van der Waals surface area contributed by atoms with Crippen LogP contribution in [0.4, 0.5) is 18.9 Å². The van der Waals surface area contributed by atoms with Crippen LogP contribution in [0.3, 0.4) is 0 Å². The van der Waals surface area contributed by atoms with Gasteiger partial charge >= 0.3 is 6.18 Å². The Morgan fingerprint density at radius 2 is 2.07 bits per heavy atom. The zero-order valence-corrected chi connectivity index (χ0v) is 9.25. The summed E-state index contributed by atoms with van der Waals surface area (Å²) < 4.78 is 36.1. The molecule has 1 rings (SSSR count). The summed E-state index contributed by atoms with van der Waals surface area (Å²) >= 11 is 6.43. The van der Waals surface area contributed by atoms with Crippen molar-refractivity contribution in [2.24, 2.45) is 4.99 Å². The fourth-order valence-corrected chi connectivity index (χ4v) is 1.41. The standard InChI is InChI=1S/C9H7ClF3NS/c1-15-7-4-2-3-6(5-7)14-8(10)9(11,12)13/h2-5H,1H3. The molecule has 0 fully saturated rings. The third-order valence-electron chi connectivity index (χ3n) is 1.51. The summed E-state index contributed by atoms with van der Waals surface area (Å²) in [5.74, 6) is 0. The summed E-state index contributed by atoms with van der Waals surface area (Å²) in [4.78, 5) is 4.12. The van der Waals surface area contributed by atoms with Gasteiger partial charge in [0, 0.05) is 4.90 Å². The van der Waals surface area contributed by atoms with Crippen molar-refractivity contribution in [2.75, 3.05) is 6.26 Å². The molecule has 6 heteroatoms. The number of hydrogen-bond donors (Lipinski definition) is 0. The first-order valence-electron chi connectivity index (χ1n) is 3.89. The molecule has 1 nitrogen and oxygen atoms in total. The number of benzene rings is 1. The van der Waals surface area contributed by atoms with Gasteiger partial charge in [-0.25, -0.2) is 4.99 Å². The molecule has 0 radical (unpaired) electrons. The van der Waals surface area contributed by atoms with E-state index in [1.165, 1.54) is 17.8 Å². The maximum Gasteiger partial charge on any atom is 0.444 e. The summed E-state index contributed by atoms with van der Waals surface area (Å²) in [6, 6.07) is 6.42. The Labute approximate surface area is 94.3 Å². The Kier molecular flexibility index (Phi) is 4.04. The minimum atomic E-state index is -4.59. The van der Waals surface area contributed by atoms with E-state index < -0.39 is 11.3 Å². The smallest absolute Gasteiger partial charge is 0.232 e. The quantitative estimate of drug-likeness (QED) is 0.567. The monoisotopic (exact) mass is 253 g/mol. The van der Waals surface area contributed by atoms with Crippen LogP contribution in [-0.2, 0) is 0 Å². The van der Waals surface area contributed by atoms with Crippen LogP contribution in [-0.4, -0.2) is 17.6 Å². The zero-order chi connectivity index (χ0) is 11.5. The van der Waals surface area contributed by atoms with Gasteiger partial charge in [-0.2, -0.15) is 13.2 Å². The zero-order valence-electron chi connectivity index (χ0n) is 7.68. The SMILES string of the molecule is CSc1cccc(N=C(Cl)C(F)(F)F)c1. The second kappa shape index (κ2) is 4.90. The van der Waals surface area contributed by atoms with Crippen LogP contribution in [0, 0.1) is 0 Å². The molecule has 1 aromatic carbocycles. The van der Waals surface area contributed by atoms with Crippen LogP contribution in [0.5, 0.6) is 0 Å². The van der Waals surface area contributed by atoms with Crippen molar-refractivity contribution < 1.29 is 13.2 Å². The molecule has 0 aliphatic rings. The molecule has 0 aromatic heterocycles. The molecule has 0 amide bonds. The summed E-state index contributed by atoms with van der Waals surface area (Å²) in [7, 11) is 0. The number of halogens is 4. The van der Waals surface area contributed by atoms with Crippen molar-refractivity contribution in [1.82, 2.24) is 0 Å². The normalized spacial score (nSPS) is 13.0. The van der Waals surface area contributed by atoms with Gasteiger partial charge in [0.05, 0.1) is 5.69 Å². The van der Waals surface area contributed by atoms with Crippen molar-refractivity contribution in [2.45, 2.75) is 11.1 Å². The minimum absolute atomic E-state index is 0.198. The van der Waals surface area contributed by atoms with E-state index in [0.29, 0.717) is 0 Å². The third kappa shape index (κ3) is 3.76. The van der Waals surface area contributed by atoms with Crippen LogP contribution >= 0.6 is 23.4 Å². The highest BCUT2D eigenvalue weighted by Gasteiger charge is 2.34. The van der Waals surface area contributed by atoms with E-state index in [4.69, 9.17) is 11.6 Å². The van der Waals surface area contributed by atoms with E-state index in [1.807, 2.05) is 6.26 Å². The number of hydrogen-bond acceptors (Lipinski definition) is 2. The van der Waals surface area contributed by atoms with Crippen LogP contribution in [0.15, 0.2) is 34.2 Å².